The second kappa shape index (κ2) is 8.17. The zero-order valence-corrected chi connectivity index (χ0v) is 17.5. The van der Waals surface area contributed by atoms with Gasteiger partial charge in [0.2, 0.25) is 0 Å². The zero-order valence-electron chi connectivity index (χ0n) is 15.1. The standard InChI is InChI=1S/C21H21BrN2O2S/c1-2-17-16-11-14(22)6-8-19(16)27-20-7-5-13(10-18(20)24-17)21(25)23-12-15-4-3-9-26-15/h5-8,10-11,15H,2-4,9,12H2,1H3,(H,23,25)/t15-/m1/s1. The molecule has 4 rings (SSSR count). The van der Waals surface area contributed by atoms with E-state index in [4.69, 9.17) is 9.73 Å². The molecule has 1 saturated heterocycles. The fraction of sp³-hybridized carbons (Fsp3) is 0.333. The monoisotopic (exact) mass is 444 g/mol. The van der Waals surface area contributed by atoms with Gasteiger partial charge in [-0.1, -0.05) is 34.6 Å². The molecule has 0 bridgehead atoms. The van der Waals surface area contributed by atoms with Gasteiger partial charge in [-0.25, -0.2) is 0 Å². The van der Waals surface area contributed by atoms with Crippen molar-refractivity contribution in [3.05, 3.63) is 52.0 Å². The van der Waals surface area contributed by atoms with Gasteiger partial charge in [0.15, 0.2) is 0 Å². The van der Waals surface area contributed by atoms with Crippen molar-refractivity contribution in [3.63, 3.8) is 0 Å². The van der Waals surface area contributed by atoms with Gasteiger partial charge in [0.25, 0.3) is 5.91 Å². The number of nitrogens with zero attached hydrogens (tertiary/aromatic N) is 1. The highest BCUT2D eigenvalue weighted by Crippen LogP contribution is 2.41. The third-order valence-electron chi connectivity index (χ3n) is 4.80. The van der Waals surface area contributed by atoms with Crippen LogP contribution in [0.25, 0.3) is 0 Å². The number of carbonyl (C=O) groups is 1. The molecule has 1 amide bonds. The van der Waals surface area contributed by atoms with E-state index in [0.29, 0.717) is 12.1 Å². The molecular formula is C21H21BrN2O2S. The lowest BCUT2D eigenvalue weighted by Crippen LogP contribution is -2.31. The van der Waals surface area contributed by atoms with E-state index in [1.54, 1.807) is 11.8 Å². The molecule has 2 aromatic rings. The Hall–Kier alpha value is -1.63. The molecule has 0 aromatic heterocycles. The molecule has 1 N–H and O–H groups in total. The van der Waals surface area contributed by atoms with Crippen LogP contribution >= 0.6 is 27.7 Å². The van der Waals surface area contributed by atoms with Crippen LogP contribution in [-0.4, -0.2) is 30.9 Å². The molecule has 2 aliphatic heterocycles. The minimum Gasteiger partial charge on any atom is -0.376 e. The van der Waals surface area contributed by atoms with Gasteiger partial charge in [-0.15, -0.1) is 0 Å². The van der Waals surface area contributed by atoms with Crippen molar-refractivity contribution in [1.29, 1.82) is 0 Å². The summed E-state index contributed by atoms with van der Waals surface area (Å²) in [5, 5.41) is 2.99. The van der Waals surface area contributed by atoms with Gasteiger partial charge in [-0.3, -0.25) is 9.79 Å². The normalized spacial score (nSPS) is 18.3. The van der Waals surface area contributed by atoms with E-state index >= 15 is 0 Å². The van der Waals surface area contributed by atoms with Crippen molar-refractivity contribution in [2.75, 3.05) is 13.2 Å². The first-order valence-electron chi connectivity index (χ1n) is 9.23. The third-order valence-corrected chi connectivity index (χ3v) is 6.43. The van der Waals surface area contributed by atoms with Crippen molar-refractivity contribution in [1.82, 2.24) is 5.32 Å². The van der Waals surface area contributed by atoms with Gasteiger partial charge in [0, 0.05) is 44.3 Å². The van der Waals surface area contributed by atoms with Crippen molar-refractivity contribution < 1.29 is 9.53 Å². The van der Waals surface area contributed by atoms with Crippen LogP contribution in [0.2, 0.25) is 0 Å². The highest BCUT2D eigenvalue weighted by atomic mass is 79.9. The van der Waals surface area contributed by atoms with Crippen LogP contribution in [0, 0.1) is 0 Å². The summed E-state index contributed by atoms with van der Waals surface area (Å²) >= 11 is 5.25. The lowest BCUT2D eigenvalue weighted by atomic mass is 10.1. The van der Waals surface area contributed by atoms with Crippen LogP contribution in [0.15, 0.2) is 55.7 Å². The molecule has 2 heterocycles. The molecule has 0 spiro atoms. The van der Waals surface area contributed by atoms with E-state index in [-0.39, 0.29) is 12.0 Å². The third kappa shape index (κ3) is 4.13. The molecule has 140 valence electrons. The van der Waals surface area contributed by atoms with Gasteiger partial charge >= 0.3 is 0 Å². The Morgan fingerprint density at radius 1 is 1.30 bits per heavy atom. The number of amides is 1. The predicted octanol–water partition coefficient (Wildman–Crippen LogP) is 5.35. The molecule has 0 unspecified atom stereocenters. The van der Waals surface area contributed by atoms with E-state index in [0.717, 1.165) is 52.2 Å². The quantitative estimate of drug-likeness (QED) is 0.690. The Morgan fingerprint density at radius 3 is 2.93 bits per heavy atom. The summed E-state index contributed by atoms with van der Waals surface area (Å²) in [6.45, 7) is 3.47. The molecule has 0 radical (unpaired) electrons. The Bertz CT molecular complexity index is 907. The summed E-state index contributed by atoms with van der Waals surface area (Å²) in [6.07, 6.45) is 3.06. The maximum Gasteiger partial charge on any atom is 0.251 e. The topological polar surface area (TPSA) is 50.7 Å². The smallest absolute Gasteiger partial charge is 0.251 e. The highest BCUT2D eigenvalue weighted by molar-refractivity contribution is 9.10. The summed E-state index contributed by atoms with van der Waals surface area (Å²) in [5.41, 5.74) is 3.68. The number of rotatable bonds is 4. The molecule has 1 atom stereocenters. The van der Waals surface area contributed by atoms with Crippen molar-refractivity contribution >= 4 is 45.0 Å². The Kier molecular flexibility index (Phi) is 5.66. The molecule has 0 aliphatic carbocycles. The van der Waals surface area contributed by atoms with Gasteiger partial charge in [-0.05, 0) is 55.7 Å². The number of ether oxygens (including phenoxy) is 1. The average molecular weight is 445 g/mol. The number of carbonyl (C=O) groups excluding carboxylic acids is 1. The van der Waals surface area contributed by atoms with E-state index in [1.165, 1.54) is 4.90 Å². The first-order chi connectivity index (χ1) is 13.1. The number of aliphatic imine (C=N–C) groups is 1. The van der Waals surface area contributed by atoms with Crippen LogP contribution in [0.5, 0.6) is 0 Å². The maximum absolute atomic E-state index is 12.6. The first kappa shape index (κ1) is 18.7. The lowest BCUT2D eigenvalue weighted by Gasteiger charge is -2.11. The van der Waals surface area contributed by atoms with Crippen molar-refractivity contribution in [3.8, 4) is 0 Å². The molecule has 0 saturated carbocycles. The maximum atomic E-state index is 12.6. The van der Waals surface area contributed by atoms with Crippen LogP contribution in [0.3, 0.4) is 0 Å². The SMILES string of the molecule is CCC1=Nc2cc(C(=O)NC[C@H]3CCCO3)ccc2Sc2ccc(Br)cc21. The Balaban J connectivity index is 1.60. The predicted molar refractivity (Wildman–Crippen MR) is 113 cm³/mol. The van der Waals surface area contributed by atoms with Gasteiger partial charge in [0.05, 0.1) is 11.8 Å². The molecule has 2 aromatic carbocycles. The fourth-order valence-corrected chi connectivity index (χ4v) is 4.72. The van der Waals surface area contributed by atoms with E-state index < -0.39 is 0 Å². The Morgan fingerprint density at radius 2 is 2.15 bits per heavy atom. The number of benzene rings is 2. The summed E-state index contributed by atoms with van der Waals surface area (Å²) in [4.78, 5) is 19.7. The molecule has 1 fully saturated rings. The van der Waals surface area contributed by atoms with Gasteiger partial charge < -0.3 is 10.1 Å². The van der Waals surface area contributed by atoms with E-state index in [9.17, 15) is 4.79 Å². The van der Waals surface area contributed by atoms with Crippen molar-refractivity contribution in [2.24, 2.45) is 4.99 Å². The average Bonchev–Trinajstić information content (AvgIpc) is 3.14. The lowest BCUT2D eigenvalue weighted by molar-refractivity contribution is 0.0858. The molecule has 6 heteroatoms. The Labute approximate surface area is 171 Å². The highest BCUT2D eigenvalue weighted by Gasteiger charge is 2.20. The zero-order chi connectivity index (χ0) is 18.8. The number of hydrogen-bond donors (Lipinski definition) is 1. The number of halogens is 1. The second-order valence-electron chi connectivity index (χ2n) is 6.68. The van der Waals surface area contributed by atoms with Crippen LogP contribution in [-0.2, 0) is 4.74 Å². The number of hydrogen-bond acceptors (Lipinski definition) is 4. The van der Waals surface area contributed by atoms with E-state index in [1.807, 2.05) is 18.2 Å². The molecular weight excluding hydrogens is 424 g/mol. The largest absolute Gasteiger partial charge is 0.376 e. The summed E-state index contributed by atoms with van der Waals surface area (Å²) in [6, 6.07) is 12.1. The molecule has 4 nitrogen and oxygen atoms in total. The van der Waals surface area contributed by atoms with Crippen LogP contribution in [0.4, 0.5) is 5.69 Å². The summed E-state index contributed by atoms with van der Waals surface area (Å²) < 4.78 is 6.62. The van der Waals surface area contributed by atoms with Gasteiger partial charge in [0.1, 0.15) is 0 Å². The number of nitrogens with one attached hydrogen (secondary N) is 1. The minimum atomic E-state index is -0.0731. The fourth-order valence-electron chi connectivity index (χ4n) is 3.36. The second-order valence-corrected chi connectivity index (χ2v) is 8.68. The van der Waals surface area contributed by atoms with Crippen LogP contribution in [0.1, 0.15) is 42.1 Å². The molecule has 27 heavy (non-hydrogen) atoms. The number of fused-ring (bicyclic) bond motifs is 2. The minimum absolute atomic E-state index is 0.0731. The molecule has 2 aliphatic rings. The van der Waals surface area contributed by atoms with Crippen molar-refractivity contribution in [2.45, 2.75) is 42.1 Å². The first-order valence-corrected chi connectivity index (χ1v) is 10.8. The van der Waals surface area contributed by atoms with Crippen LogP contribution < -0.4 is 5.32 Å². The summed E-state index contributed by atoms with van der Waals surface area (Å²) in [5.74, 6) is -0.0731. The van der Waals surface area contributed by atoms with E-state index in [2.05, 4.69) is 46.4 Å². The summed E-state index contributed by atoms with van der Waals surface area (Å²) in [7, 11) is 0. The van der Waals surface area contributed by atoms with Gasteiger partial charge in [-0.2, -0.15) is 0 Å².